The number of Topliss-reactive ketones (excluding diaryl/α,β-unsaturated/α-hetero) is 1. The molecule has 1 aromatic rings. The number of hydrogen-bond donors (Lipinski definition) is 2. The van der Waals surface area contributed by atoms with Gasteiger partial charge < -0.3 is 10.2 Å². The summed E-state index contributed by atoms with van der Waals surface area (Å²) in [6.45, 7) is 0. The maximum Gasteiger partial charge on any atom is 0.310 e. The minimum atomic E-state index is -1.43. The number of carbonyl (C=O) groups is 2. The van der Waals surface area contributed by atoms with Crippen LogP contribution in [0.1, 0.15) is 24.5 Å². The van der Waals surface area contributed by atoms with Gasteiger partial charge in [0.1, 0.15) is 18.0 Å². The summed E-state index contributed by atoms with van der Waals surface area (Å²) in [5.41, 5.74) is -0.187. The van der Waals surface area contributed by atoms with Crippen LogP contribution in [0.15, 0.2) is 18.2 Å². The van der Waals surface area contributed by atoms with E-state index in [1.165, 1.54) is 12.1 Å². The zero-order valence-electron chi connectivity index (χ0n) is 8.69. The molecule has 0 fully saturated rings. The van der Waals surface area contributed by atoms with Crippen molar-refractivity contribution in [2.24, 2.45) is 0 Å². The molecule has 0 radical (unpaired) electrons. The highest BCUT2D eigenvalue weighted by Crippen LogP contribution is 2.28. The first-order chi connectivity index (χ1) is 7.91. The average Bonchev–Trinajstić information content (AvgIpc) is 2.15. The van der Waals surface area contributed by atoms with Gasteiger partial charge in [-0.25, -0.2) is 4.39 Å². The third-order valence-corrected chi connectivity index (χ3v) is 2.43. The molecule has 0 amide bonds. The van der Waals surface area contributed by atoms with Crippen molar-refractivity contribution in [3.05, 3.63) is 34.6 Å². The lowest BCUT2D eigenvalue weighted by Crippen LogP contribution is -2.12. The molecule has 0 aliphatic carbocycles. The van der Waals surface area contributed by atoms with E-state index in [-0.39, 0.29) is 10.6 Å². The van der Waals surface area contributed by atoms with E-state index in [1.807, 2.05) is 0 Å². The Hall–Kier alpha value is -1.46. The lowest BCUT2D eigenvalue weighted by Gasteiger charge is -2.12. The van der Waals surface area contributed by atoms with E-state index in [1.54, 1.807) is 0 Å². The van der Waals surface area contributed by atoms with Crippen molar-refractivity contribution < 1.29 is 24.2 Å². The van der Waals surface area contributed by atoms with Gasteiger partial charge in [-0.05, 0) is 12.1 Å². The van der Waals surface area contributed by atoms with Crippen molar-refractivity contribution in [2.45, 2.75) is 18.9 Å². The second kappa shape index (κ2) is 5.75. The molecule has 0 spiro atoms. The zero-order valence-corrected chi connectivity index (χ0v) is 9.45. The number of aliphatic hydroxyl groups excluding tert-OH is 1. The standard InChI is InChI=1S/C11H10ClFO4/c12-7-2-1-3-8(13)11(7)9(15)4-6(14)5-10(16)17/h1-3,9,15H,4-5H2,(H,16,17). The van der Waals surface area contributed by atoms with Crippen LogP contribution in [-0.2, 0) is 9.59 Å². The Bertz CT molecular complexity index is 427. The third kappa shape index (κ3) is 3.80. The Morgan fingerprint density at radius 2 is 2.06 bits per heavy atom. The summed E-state index contributed by atoms with van der Waals surface area (Å²) in [4.78, 5) is 21.4. The Balaban J connectivity index is 2.80. The van der Waals surface area contributed by atoms with E-state index < -0.39 is 36.5 Å². The van der Waals surface area contributed by atoms with Crippen LogP contribution in [-0.4, -0.2) is 22.0 Å². The Labute approximate surface area is 102 Å². The molecule has 4 nitrogen and oxygen atoms in total. The largest absolute Gasteiger partial charge is 0.481 e. The van der Waals surface area contributed by atoms with E-state index in [0.717, 1.165) is 6.07 Å². The molecule has 2 N–H and O–H groups in total. The number of benzene rings is 1. The van der Waals surface area contributed by atoms with Gasteiger partial charge in [0.25, 0.3) is 0 Å². The van der Waals surface area contributed by atoms with Crippen molar-refractivity contribution in [3.63, 3.8) is 0 Å². The van der Waals surface area contributed by atoms with Crippen LogP contribution < -0.4 is 0 Å². The van der Waals surface area contributed by atoms with Crippen molar-refractivity contribution in [2.75, 3.05) is 0 Å². The van der Waals surface area contributed by atoms with E-state index in [9.17, 15) is 19.1 Å². The number of aliphatic carboxylic acids is 1. The maximum absolute atomic E-state index is 13.3. The summed E-state index contributed by atoms with van der Waals surface area (Å²) < 4.78 is 13.3. The fourth-order valence-corrected chi connectivity index (χ4v) is 1.68. The summed E-state index contributed by atoms with van der Waals surface area (Å²) >= 11 is 5.69. The van der Waals surface area contributed by atoms with Crippen LogP contribution in [0.3, 0.4) is 0 Å². The van der Waals surface area contributed by atoms with Gasteiger partial charge in [-0.15, -0.1) is 0 Å². The number of carbonyl (C=O) groups excluding carboxylic acids is 1. The molecule has 0 aromatic heterocycles. The minimum Gasteiger partial charge on any atom is -0.481 e. The maximum atomic E-state index is 13.3. The SMILES string of the molecule is O=C(O)CC(=O)CC(O)c1c(F)cccc1Cl. The lowest BCUT2D eigenvalue weighted by molar-refractivity contribution is -0.140. The fourth-order valence-electron chi connectivity index (χ4n) is 1.39. The summed E-state index contributed by atoms with van der Waals surface area (Å²) in [6, 6.07) is 3.85. The second-order valence-corrected chi connectivity index (χ2v) is 3.87. The normalized spacial score (nSPS) is 12.2. The van der Waals surface area contributed by atoms with E-state index in [4.69, 9.17) is 16.7 Å². The number of carboxylic acids is 1. The molecule has 1 rings (SSSR count). The quantitative estimate of drug-likeness (QED) is 0.794. The highest BCUT2D eigenvalue weighted by atomic mass is 35.5. The van der Waals surface area contributed by atoms with Crippen LogP contribution >= 0.6 is 11.6 Å². The van der Waals surface area contributed by atoms with Crippen LogP contribution in [0.2, 0.25) is 5.02 Å². The number of hydrogen-bond acceptors (Lipinski definition) is 3. The van der Waals surface area contributed by atoms with E-state index in [0.29, 0.717) is 0 Å². The lowest BCUT2D eigenvalue weighted by atomic mass is 10.0. The molecular weight excluding hydrogens is 251 g/mol. The number of carboxylic acid groups (broad SMARTS) is 1. The predicted molar refractivity (Wildman–Crippen MR) is 58.2 cm³/mol. The molecule has 0 saturated carbocycles. The first-order valence-corrected chi connectivity index (χ1v) is 5.15. The Morgan fingerprint density at radius 1 is 1.41 bits per heavy atom. The molecule has 17 heavy (non-hydrogen) atoms. The first-order valence-electron chi connectivity index (χ1n) is 4.77. The highest BCUT2D eigenvalue weighted by molar-refractivity contribution is 6.31. The van der Waals surface area contributed by atoms with Gasteiger partial charge >= 0.3 is 5.97 Å². The molecule has 1 aromatic carbocycles. The van der Waals surface area contributed by atoms with Gasteiger partial charge in [0.15, 0.2) is 0 Å². The van der Waals surface area contributed by atoms with Crippen LogP contribution in [0.25, 0.3) is 0 Å². The van der Waals surface area contributed by atoms with Crippen molar-refractivity contribution >= 4 is 23.4 Å². The molecule has 6 heteroatoms. The molecule has 0 saturated heterocycles. The molecule has 0 aliphatic rings. The number of halogens is 2. The van der Waals surface area contributed by atoms with Crippen LogP contribution in [0.4, 0.5) is 4.39 Å². The van der Waals surface area contributed by atoms with Gasteiger partial charge in [-0.1, -0.05) is 17.7 Å². The number of rotatable bonds is 5. The summed E-state index contributed by atoms with van der Waals surface area (Å²) in [7, 11) is 0. The van der Waals surface area contributed by atoms with Gasteiger partial charge in [0, 0.05) is 17.0 Å². The second-order valence-electron chi connectivity index (χ2n) is 3.46. The minimum absolute atomic E-state index is 0.000579. The molecule has 0 heterocycles. The molecular formula is C11H10ClFO4. The Morgan fingerprint density at radius 3 is 2.59 bits per heavy atom. The molecule has 0 aliphatic heterocycles. The van der Waals surface area contributed by atoms with Gasteiger partial charge in [-0.3, -0.25) is 9.59 Å². The number of aliphatic hydroxyl groups is 1. The zero-order chi connectivity index (χ0) is 13.0. The van der Waals surface area contributed by atoms with Crippen molar-refractivity contribution in [1.29, 1.82) is 0 Å². The molecule has 1 unspecified atom stereocenters. The first kappa shape index (κ1) is 13.6. The topological polar surface area (TPSA) is 74.6 Å². The number of ketones is 1. The van der Waals surface area contributed by atoms with Crippen molar-refractivity contribution in [3.8, 4) is 0 Å². The molecule has 0 bridgehead atoms. The predicted octanol–water partition coefficient (Wildman–Crippen LogP) is 1.95. The molecule has 1 atom stereocenters. The van der Waals surface area contributed by atoms with Crippen LogP contribution in [0.5, 0.6) is 0 Å². The smallest absolute Gasteiger partial charge is 0.310 e. The van der Waals surface area contributed by atoms with E-state index >= 15 is 0 Å². The van der Waals surface area contributed by atoms with E-state index in [2.05, 4.69) is 0 Å². The van der Waals surface area contributed by atoms with Gasteiger partial charge in [-0.2, -0.15) is 0 Å². The molecule has 92 valence electrons. The third-order valence-electron chi connectivity index (χ3n) is 2.10. The average molecular weight is 261 g/mol. The summed E-state index contributed by atoms with van der Waals surface area (Å²) in [6.07, 6.45) is -2.62. The summed E-state index contributed by atoms with van der Waals surface area (Å²) in [5, 5.41) is 18.0. The van der Waals surface area contributed by atoms with Gasteiger partial charge in [0.2, 0.25) is 0 Å². The van der Waals surface area contributed by atoms with Crippen molar-refractivity contribution in [1.82, 2.24) is 0 Å². The highest BCUT2D eigenvalue weighted by Gasteiger charge is 2.20. The summed E-state index contributed by atoms with van der Waals surface area (Å²) in [5.74, 6) is -2.71. The van der Waals surface area contributed by atoms with Gasteiger partial charge in [0.05, 0.1) is 6.10 Å². The Kier molecular flexibility index (Phi) is 4.60. The fraction of sp³-hybridized carbons (Fsp3) is 0.273. The van der Waals surface area contributed by atoms with Crippen LogP contribution in [0, 0.1) is 5.82 Å². The monoisotopic (exact) mass is 260 g/mol.